The average Bonchev–Trinajstić information content (AvgIpc) is 3.38. The second-order valence-corrected chi connectivity index (χ2v) is 10.9. The van der Waals surface area contributed by atoms with E-state index in [1.165, 1.54) is 0 Å². The van der Waals surface area contributed by atoms with Gasteiger partial charge >= 0.3 is 0 Å². The van der Waals surface area contributed by atoms with Gasteiger partial charge in [0.15, 0.2) is 0 Å². The van der Waals surface area contributed by atoms with Crippen LogP contribution in [0.1, 0.15) is 70.6 Å². The molecule has 2 saturated heterocycles. The predicted octanol–water partition coefficient (Wildman–Crippen LogP) is 1.16. The molecule has 0 aromatic carbocycles. The van der Waals surface area contributed by atoms with E-state index >= 15 is 0 Å². The SMILES string of the molecule is CC(C)(C)c1n[nH]nc1CN1CCOC(CC(C)(C)c2cn([C@@H]3CCNC[C@H]3O)nn2)C1. The van der Waals surface area contributed by atoms with Crippen LogP contribution in [0.3, 0.4) is 0 Å². The number of H-pyrrole nitrogens is 1. The first-order valence-electron chi connectivity index (χ1n) is 11.7. The topological polar surface area (TPSA) is 117 Å². The summed E-state index contributed by atoms with van der Waals surface area (Å²) < 4.78 is 7.98. The van der Waals surface area contributed by atoms with Gasteiger partial charge in [0, 0.05) is 43.2 Å². The lowest BCUT2D eigenvalue weighted by molar-refractivity contribution is -0.0436. The number of hydrogen-bond acceptors (Lipinski definition) is 8. The van der Waals surface area contributed by atoms with Crippen molar-refractivity contribution in [2.45, 2.75) is 83.1 Å². The van der Waals surface area contributed by atoms with Crippen LogP contribution in [0.25, 0.3) is 0 Å². The third kappa shape index (κ3) is 5.19. The van der Waals surface area contributed by atoms with Crippen molar-refractivity contribution in [3.63, 3.8) is 0 Å². The third-order valence-corrected chi connectivity index (χ3v) is 6.62. The Morgan fingerprint density at radius 3 is 2.78 bits per heavy atom. The number of aliphatic hydroxyl groups excluding tert-OH is 1. The van der Waals surface area contributed by atoms with Crippen molar-refractivity contribution in [3.05, 3.63) is 23.3 Å². The van der Waals surface area contributed by atoms with Gasteiger partial charge in [-0.1, -0.05) is 39.8 Å². The number of hydrogen-bond donors (Lipinski definition) is 3. The van der Waals surface area contributed by atoms with Crippen molar-refractivity contribution < 1.29 is 9.84 Å². The van der Waals surface area contributed by atoms with Crippen LogP contribution in [0.2, 0.25) is 0 Å². The molecule has 4 rings (SSSR count). The normalized spacial score (nSPS) is 25.9. The summed E-state index contributed by atoms with van der Waals surface area (Å²) in [6.07, 6.45) is 3.38. The average molecular weight is 447 g/mol. The monoisotopic (exact) mass is 446 g/mol. The van der Waals surface area contributed by atoms with E-state index in [-0.39, 0.29) is 23.0 Å². The molecule has 3 atom stereocenters. The zero-order valence-corrected chi connectivity index (χ0v) is 20.0. The van der Waals surface area contributed by atoms with Crippen LogP contribution in [-0.2, 0) is 22.1 Å². The Morgan fingerprint density at radius 2 is 2.03 bits per heavy atom. The second kappa shape index (κ2) is 9.17. The number of piperidine rings is 1. The van der Waals surface area contributed by atoms with Crippen molar-refractivity contribution >= 4 is 0 Å². The maximum absolute atomic E-state index is 10.3. The molecule has 3 N–H and O–H groups in total. The van der Waals surface area contributed by atoms with Crippen molar-refractivity contribution in [1.29, 1.82) is 0 Å². The lowest BCUT2D eigenvalue weighted by Gasteiger charge is -2.36. The highest BCUT2D eigenvalue weighted by atomic mass is 16.5. The van der Waals surface area contributed by atoms with Crippen LogP contribution in [0.15, 0.2) is 6.20 Å². The molecule has 32 heavy (non-hydrogen) atoms. The lowest BCUT2D eigenvalue weighted by atomic mass is 9.83. The minimum atomic E-state index is -0.439. The van der Waals surface area contributed by atoms with E-state index in [9.17, 15) is 5.11 Å². The Morgan fingerprint density at radius 1 is 1.22 bits per heavy atom. The summed E-state index contributed by atoms with van der Waals surface area (Å²) in [5.41, 5.74) is 2.76. The minimum absolute atomic E-state index is 0.0193. The first-order chi connectivity index (χ1) is 15.1. The molecule has 2 fully saturated rings. The fraction of sp³-hybridized carbons (Fsp3) is 0.818. The van der Waals surface area contributed by atoms with E-state index in [4.69, 9.17) is 4.74 Å². The molecule has 2 aromatic heterocycles. The van der Waals surface area contributed by atoms with Gasteiger partial charge < -0.3 is 15.2 Å². The van der Waals surface area contributed by atoms with Crippen LogP contribution in [0.5, 0.6) is 0 Å². The van der Waals surface area contributed by atoms with Crippen molar-refractivity contribution in [3.8, 4) is 0 Å². The number of morpholine rings is 1. The van der Waals surface area contributed by atoms with Crippen LogP contribution >= 0.6 is 0 Å². The smallest absolute Gasteiger partial charge is 0.100 e. The molecule has 0 bridgehead atoms. The van der Waals surface area contributed by atoms with E-state index < -0.39 is 6.10 Å². The summed E-state index contributed by atoms with van der Waals surface area (Å²) in [6.45, 7) is 15.6. The molecule has 0 spiro atoms. The molecule has 0 radical (unpaired) electrons. The molecule has 10 heteroatoms. The van der Waals surface area contributed by atoms with Gasteiger partial charge in [-0.25, -0.2) is 4.68 Å². The maximum atomic E-state index is 10.3. The zero-order chi connectivity index (χ0) is 22.9. The first kappa shape index (κ1) is 23.3. The van der Waals surface area contributed by atoms with Crippen LogP contribution in [0.4, 0.5) is 0 Å². The van der Waals surface area contributed by atoms with Gasteiger partial charge in [-0.05, 0) is 19.4 Å². The molecule has 10 nitrogen and oxygen atoms in total. The van der Waals surface area contributed by atoms with E-state index in [0.29, 0.717) is 13.2 Å². The van der Waals surface area contributed by atoms with E-state index in [2.05, 4.69) is 70.6 Å². The molecule has 0 saturated carbocycles. The van der Waals surface area contributed by atoms with Gasteiger partial charge in [0.2, 0.25) is 0 Å². The molecular weight excluding hydrogens is 408 g/mol. The summed E-state index contributed by atoms with van der Waals surface area (Å²) in [7, 11) is 0. The van der Waals surface area contributed by atoms with E-state index in [0.717, 1.165) is 56.1 Å². The van der Waals surface area contributed by atoms with Crippen molar-refractivity contribution in [1.82, 2.24) is 40.6 Å². The van der Waals surface area contributed by atoms with E-state index in [1.54, 1.807) is 0 Å². The Hall–Kier alpha value is -1.88. The molecule has 1 unspecified atom stereocenters. The number of rotatable bonds is 6. The van der Waals surface area contributed by atoms with Crippen LogP contribution < -0.4 is 5.32 Å². The number of aliphatic hydroxyl groups is 1. The lowest BCUT2D eigenvalue weighted by Crippen LogP contribution is -2.44. The molecule has 0 aliphatic carbocycles. The van der Waals surface area contributed by atoms with Crippen LogP contribution in [0, 0.1) is 0 Å². The predicted molar refractivity (Wildman–Crippen MR) is 120 cm³/mol. The zero-order valence-electron chi connectivity index (χ0n) is 20.0. The minimum Gasteiger partial charge on any atom is -0.390 e. The van der Waals surface area contributed by atoms with Gasteiger partial charge in [-0.2, -0.15) is 15.4 Å². The number of nitrogens with zero attached hydrogens (tertiary/aromatic N) is 6. The van der Waals surface area contributed by atoms with Gasteiger partial charge in [-0.15, -0.1) is 5.10 Å². The summed E-state index contributed by atoms with van der Waals surface area (Å²) in [5, 5.41) is 33.9. The molecule has 2 aliphatic heterocycles. The Bertz CT molecular complexity index is 887. The highest BCUT2D eigenvalue weighted by Gasteiger charge is 2.34. The third-order valence-electron chi connectivity index (χ3n) is 6.62. The summed E-state index contributed by atoms with van der Waals surface area (Å²) >= 11 is 0. The first-order valence-corrected chi connectivity index (χ1v) is 11.7. The number of β-amino-alcohol motifs (C(OH)–C–C–N with tert-alkyl or cyclic N) is 1. The van der Waals surface area contributed by atoms with Crippen molar-refractivity contribution in [2.75, 3.05) is 32.8 Å². The number of aromatic nitrogens is 6. The van der Waals surface area contributed by atoms with Gasteiger partial charge in [0.1, 0.15) is 5.69 Å². The van der Waals surface area contributed by atoms with Crippen molar-refractivity contribution in [2.24, 2.45) is 0 Å². The maximum Gasteiger partial charge on any atom is 0.100 e. The Labute approximate surface area is 190 Å². The fourth-order valence-corrected chi connectivity index (χ4v) is 4.78. The van der Waals surface area contributed by atoms with Gasteiger partial charge in [0.25, 0.3) is 0 Å². The highest BCUT2D eigenvalue weighted by molar-refractivity contribution is 5.17. The second-order valence-electron chi connectivity index (χ2n) is 10.9. The molecule has 4 heterocycles. The quantitative estimate of drug-likeness (QED) is 0.605. The van der Waals surface area contributed by atoms with E-state index in [1.807, 2.05) is 10.9 Å². The molecule has 2 aliphatic rings. The highest BCUT2D eigenvalue weighted by Crippen LogP contribution is 2.31. The standard InChI is InChI=1S/C22H38N8O2/c1-21(2,3)20-16(24-27-26-20)13-29-8-9-32-15(12-29)10-22(4,5)19-14-30(28-25-19)17-6-7-23-11-18(17)31/h14-15,17-18,23,31H,6-13H2,1-5H3,(H,24,26,27)/t15?,17-,18-/m1/s1. The Kier molecular flexibility index (Phi) is 6.67. The van der Waals surface area contributed by atoms with Crippen LogP contribution in [-0.4, -0.2) is 85.4 Å². The number of ether oxygens (including phenoxy) is 1. The number of aromatic amines is 1. The molecule has 178 valence electrons. The summed E-state index contributed by atoms with van der Waals surface area (Å²) in [5.74, 6) is 0. The Balaban J connectivity index is 1.39. The van der Waals surface area contributed by atoms with Gasteiger partial charge in [0.05, 0.1) is 36.2 Å². The molecular formula is C22H38N8O2. The summed E-state index contributed by atoms with van der Waals surface area (Å²) in [6, 6.07) is -0.0193. The fourth-order valence-electron chi connectivity index (χ4n) is 4.78. The number of nitrogens with one attached hydrogen (secondary N) is 2. The largest absolute Gasteiger partial charge is 0.390 e. The van der Waals surface area contributed by atoms with Gasteiger partial charge in [-0.3, -0.25) is 4.90 Å². The summed E-state index contributed by atoms with van der Waals surface area (Å²) in [4.78, 5) is 2.40. The molecule has 2 aromatic rings. The molecule has 0 amide bonds.